The zero-order valence-corrected chi connectivity index (χ0v) is 8.55. The first-order valence-electron chi connectivity index (χ1n) is 4.29. The van der Waals surface area contributed by atoms with Crippen molar-refractivity contribution in [3.63, 3.8) is 0 Å². The van der Waals surface area contributed by atoms with E-state index < -0.39 is 11.7 Å². The van der Waals surface area contributed by atoms with Crippen molar-refractivity contribution in [3.05, 3.63) is 7.11 Å². The molecule has 0 aliphatic carbocycles. The van der Waals surface area contributed by atoms with Crippen molar-refractivity contribution in [2.75, 3.05) is 13.2 Å². The Hall–Kier alpha value is -0.770. The number of ether oxygens (including phenoxy) is 2. The fourth-order valence-electron chi connectivity index (χ4n) is 0.679. The molecule has 0 saturated heterocycles. The second-order valence-electron chi connectivity index (χ2n) is 3.69. The van der Waals surface area contributed by atoms with E-state index in [9.17, 15) is 4.79 Å². The van der Waals surface area contributed by atoms with E-state index in [0.717, 1.165) is 6.42 Å². The normalized spacial score (nSPS) is 11.1. The van der Waals surface area contributed by atoms with Gasteiger partial charge in [-0.15, -0.1) is 0 Å². The summed E-state index contributed by atoms with van der Waals surface area (Å²) in [6.45, 7) is 6.56. The summed E-state index contributed by atoms with van der Waals surface area (Å²) in [7, 11) is 3.22. The van der Waals surface area contributed by atoms with E-state index in [1.807, 2.05) is 20.8 Å². The summed E-state index contributed by atoms with van der Waals surface area (Å²) in [5.74, 6) is 0. The third-order valence-electron chi connectivity index (χ3n) is 1.13. The average Bonchev–Trinajstić information content (AvgIpc) is 1.94. The number of amides is 1. The Morgan fingerprint density at radius 3 is 2.54 bits per heavy atom. The molecule has 0 aliphatic rings. The molecule has 1 radical (unpaired) electrons. The Kier molecular flexibility index (Phi) is 5.46. The summed E-state index contributed by atoms with van der Waals surface area (Å²) in [6, 6.07) is 0. The van der Waals surface area contributed by atoms with Gasteiger partial charge >= 0.3 is 6.09 Å². The van der Waals surface area contributed by atoms with Crippen LogP contribution in [-0.2, 0) is 9.47 Å². The molecule has 0 aromatic carbocycles. The minimum absolute atomic E-state index is 0.392. The highest BCUT2D eigenvalue weighted by molar-refractivity contribution is 5.67. The van der Waals surface area contributed by atoms with Gasteiger partial charge in [-0.1, -0.05) is 0 Å². The molecule has 0 saturated carbocycles. The zero-order valence-electron chi connectivity index (χ0n) is 8.55. The van der Waals surface area contributed by atoms with Crippen molar-refractivity contribution in [1.29, 1.82) is 0 Å². The fourth-order valence-corrected chi connectivity index (χ4v) is 0.679. The number of nitrogens with one attached hydrogen (secondary N) is 1. The first-order valence-corrected chi connectivity index (χ1v) is 4.29. The smallest absolute Gasteiger partial charge is 0.407 e. The monoisotopic (exact) mass is 188 g/mol. The summed E-state index contributed by atoms with van der Waals surface area (Å²) >= 11 is 0. The highest BCUT2D eigenvalue weighted by Crippen LogP contribution is 2.06. The quantitative estimate of drug-likeness (QED) is 0.683. The highest BCUT2D eigenvalue weighted by atomic mass is 16.6. The molecule has 4 nitrogen and oxygen atoms in total. The second-order valence-corrected chi connectivity index (χ2v) is 3.69. The van der Waals surface area contributed by atoms with Gasteiger partial charge in [0.2, 0.25) is 0 Å². The van der Waals surface area contributed by atoms with E-state index in [-0.39, 0.29) is 0 Å². The first kappa shape index (κ1) is 12.2. The number of carbonyl (C=O) groups is 1. The van der Waals surface area contributed by atoms with Gasteiger partial charge in [-0.05, 0) is 27.2 Å². The van der Waals surface area contributed by atoms with Gasteiger partial charge in [0.25, 0.3) is 0 Å². The van der Waals surface area contributed by atoms with Crippen LogP contribution in [0.25, 0.3) is 0 Å². The highest BCUT2D eigenvalue weighted by Gasteiger charge is 2.15. The molecule has 0 fully saturated rings. The van der Waals surface area contributed by atoms with Crippen LogP contribution in [0.4, 0.5) is 4.79 Å². The maximum Gasteiger partial charge on any atom is 0.407 e. The molecule has 0 aromatic rings. The molecule has 0 bridgehead atoms. The Labute approximate surface area is 79.6 Å². The van der Waals surface area contributed by atoms with Crippen molar-refractivity contribution in [2.45, 2.75) is 32.8 Å². The molecule has 0 rings (SSSR count). The van der Waals surface area contributed by atoms with E-state index >= 15 is 0 Å². The van der Waals surface area contributed by atoms with Crippen LogP contribution in [0.5, 0.6) is 0 Å². The molecular formula is C9H18NO3. The van der Waals surface area contributed by atoms with Crippen LogP contribution in [-0.4, -0.2) is 24.8 Å². The summed E-state index contributed by atoms with van der Waals surface area (Å²) in [5, 5.41) is 2.61. The molecule has 4 heteroatoms. The Morgan fingerprint density at radius 2 is 2.08 bits per heavy atom. The van der Waals surface area contributed by atoms with E-state index in [2.05, 4.69) is 17.2 Å². The summed E-state index contributed by atoms with van der Waals surface area (Å²) in [4.78, 5) is 11.0. The Balaban J connectivity index is 3.41. The van der Waals surface area contributed by atoms with Crippen LogP contribution >= 0.6 is 0 Å². The van der Waals surface area contributed by atoms with E-state index in [1.54, 1.807) is 0 Å². The zero-order chi connectivity index (χ0) is 10.3. The predicted octanol–water partition coefficient (Wildman–Crippen LogP) is 1.71. The topological polar surface area (TPSA) is 47.6 Å². The third-order valence-corrected chi connectivity index (χ3v) is 1.13. The van der Waals surface area contributed by atoms with Crippen LogP contribution in [0.2, 0.25) is 0 Å². The molecule has 0 aromatic heterocycles. The predicted molar refractivity (Wildman–Crippen MR) is 50.2 cm³/mol. The van der Waals surface area contributed by atoms with Crippen LogP contribution in [0, 0.1) is 7.11 Å². The van der Waals surface area contributed by atoms with Crippen LogP contribution in [0.3, 0.4) is 0 Å². The molecule has 77 valence electrons. The lowest BCUT2D eigenvalue weighted by Gasteiger charge is -2.19. The van der Waals surface area contributed by atoms with Crippen molar-refractivity contribution < 1.29 is 14.3 Å². The average molecular weight is 188 g/mol. The summed E-state index contributed by atoms with van der Waals surface area (Å²) < 4.78 is 9.59. The van der Waals surface area contributed by atoms with Gasteiger partial charge in [-0.25, -0.2) is 4.79 Å². The molecular weight excluding hydrogens is 170 g/mol. The second kappa shape index (κ2) is 5.80. The molecule has 0 unspecified atom stereocenters. The number of alkyl carbamates (subject to hydrolysis) is 1. The summed E-state index contributed by atoms with van der Waals surface area (Å²) in [5.41, 5.74) is -0.438. The lowest BCUT2D eigenvalue weighted by Crippen LogP contribution is -2.33. The van der Waals surface area contributed by atoms with Crippen LogP contribution in [0.15, 0.2) is 0 Å². The van der Waals surface area contributed by atoms with Gasteiger partial charge in [0.15, 0.2) is 0 Å². The van der Waals surface area contributed by atoms with Gasteiger partial charge in [0, 0.05) is 13.2 Å². The van der Waals surface area contributed by atoms with Gasteiger partial charge < -0.3 is 14.8 Å². The Bertz CT molecular complexity index is 151. The minimum Gasteiger partial charge on any atom is -0.444 e. The van der Waals surface area contributed by atoms with Gasteiger partial charge in [-0.2, -0.15) is 0 Å². The number of rotatable bonds is 4. The van der Waals surface area contributed by atoms with Crippen molar-refractivity contribution in [3.8, 4) is 0 Å². The minimum atomic E-state index is -0.438. The van der Waals surface area contributed by atoms with Crippen molar-refractivity contribution in [1.82, 2.24) is 5.32 Å². The first-order chi connectivity index (χ1) is 5.95. The third kappa shape index (κ3) is 9.14. The molecule has 1 N–H and O–H groups in total. The van der Waals surface area contributed by atoms with E-state index in [1.165, 1.54) is 0 Å². The van der Waals surface area contributed by atoms with Gasteiger partial charge in [-0.3, -0.25) is 0 Å². The maximum atomic E-state index is 11.0. The standard InChI is InChI=1S/C9H18NO3/c1-9(2,3)13-8(11)10-6-5-7-12-4/h4-7H2,1-3H3,(H,10,11). The van der Waals surface area contributed by atoms with Crippen molar-refractivity contribution >= 4 is 6.09 Å². The maximum absolute atomic E-state index is 11.0. The summed E-state index contributed by atoms with van der Waals surface area (Å²) in [6.07, 6.45) is 0.347. The number of hydrogen-bond donors (Lipinski definition) is 1. The SMILES string of the molecule is [CH2]OCCCNC(=O)OC(C)(C)C. The van der Waals surface area contributed by atoms with Crippen LogP contribution < -0.4 is 5.32 Å². The van der Waals surface area contributed by atoms with Crippen molar-refractivity contribution in [2.24, 2.45) is 0 Å². The van der Waals surface area contributed by atoms with Gasteiger partial charge in [0.1, 0.15) is 5.60 Å². The van der Waals surface area contributed by atoms with Crippen LogP contribution in [0.1, 0.15) is 27.2 Å². The molecule has 1 amide bonds. The number of carbonyl (C=O) groups excluding carboxylic acids is 1. The molecule has 0 aliphatic heterocycles. The lowest BCUT2D eigenvalue weighted by molar-refractivity contribution is 0.0524. The van der Waals surface area contributed by atoms with E-state index in [4.69, 9.17) is 4.74 Å². The molecule has 0 atom stereocenters. The molecule has 0 spiro atoms. The molecule has 0 heterocycles. The van der Waals surface area contributed by atoms with Gasteiger partial charge in [0.05, 0.1) is 7.11 Å². The lowest BCUT2D eigenvalue weighted by atomic mass is 10.2. The fraction of sp³-hybridized carbons (Fsp3) is 0.778. The Morgan fingerprint density at radius 1 is 1.46 bits per heavy atom. The van der Waals surface area contributed by atoms with E-state index in [0.29, 0.717) is 13.2 Å². The molecule has 13 heavy (non-hydrogen) atoms. The number of hydrogen-bond acceptors (Lipinski definition) is 3. The largest absolute Gasteiger partial charge is 0.444 e.